The van der Waals surface area contributed by atoms with E-state index >= 15 is 0 Å². The van der Waals surface area contributed by atoms with Crippen molar-refractivity contribution >= 4 is 17.5 Å². The summed E-state index contributed by atoms with van der Waals surface area (Å²) in [4.78, 5) is 26.8. The number of aryl methyl sites for hydroxylation is 1. The third kappa shape index (κ3) is 2.43. The molecule has 5 nitrogen and oxygen atoms in total. The van der Waals surface area contributed by atoms with E-state index in [9.17, 15) is 9.59 Å². The van der Waals surface area contributed by atoms with Crippen molar-refractivity contribution in [1.29, 1.82) is 5.26 Å². The van der Waals surface area contributed by atoms with E-state index in [1.165, 1.54) is 0 Å². The van der Waals surface area contributed by atoms with Gasteiger partial charge < -0.3 is 4.90 Å². The number of carbonyl (C=O) groups excluding carboxylic acids is 2. The van der Waals surface area contributed by atoms with Crippen LogP contribution >= 0.6 is 0 Å². The molecule has 0 saturated carbocycles. The summed E-state index contributed by atoms with van der Waals surface area (Å²) in [6.45, 7) is 3.68. The van der Waals surface area contributed by atoms with Crippen molar-refractivity contribution in [2.45, 2.75) is 19.9 Å². The van der Waals surface area contributed by atoms with Crippen molar-refractivity contribution < 1.29 is 9.59 Å². The van der Waals surface area contributed by atoms with Gasteiger partial charge in [-0.15, -0.1) is 0 Å². The lowest BCUT2D eigenvalue weighted by atomic mass is 10.1. The molecule has 1 aromatic carbocycles. The Hall–Kier alpha value is -2.35. The van der Waals surface area contributed by atoms with Gasteiger partial charge in [-0.1, -0.05) is 17.7 Å². The van der Waals surface area contributed by atoms with Crippen molar-refractivity contribution in [1.82, 2.24) is 4.90 Å². The normalized spacial score (nSPS) is 19.5. The molecule has 0 aliphatic carbocycles. The minimum atomic E-state index is -0.436. The van der Waals surface area contributed by atoms with Crippen LogP contribution in [-0.4, -0.2) is 35.8 Å². The fourth-order valence-corrected chi connectivity index (χ4v) is 2.14. The van der Waals surface area contributed by atoms with Gasteiger partial charge in [0, 0.05) is 5.69 Å². The van der Waals surface area contributed by atoms with Crippen molar-refractivity contribution in [2.75, 3.05) is 18.0 Å². The van der Waals surface area contributed by atoms with Crippen molar-refractivity contribution in [3.8, 4) is 6.07 Å². The highest BCUT2D eigenvalue weighted by atomic mass is 16.2. The van der Waals surface area contributed by atoms with Crippen LogP contribution in [0.15, 0.2) is 24.3 Å². The number of imide groups is 1. The maximum absolute atomic E-state index is 12.1. The molecule has 1 heterocycles. The number of nitriles is 1. The second-order valence-corrected chi connectivity index (χ2v) is 4.62. The van der Waals surface area contributed by atoms with E-state index in [2.05, 4.69) is 0 Å². The first-order chi connectivity index (χ1) is 9.04. The lowest BCUT2D eigenvalue weighted by Gasteiger charge is -2.38. The van der Waals surface area contributed by atoms with E-state index < -0.39 is 6.04 Å². The van der Waals surface area contributed by atoms with Crippen LogP contribution < -0.4 is 4.90 Å². The zero-order chi connectivity index (χ0) is 14.0. The molecule has 1 atom stereocenters. The second kappa shape index (κ2) is 5.11. The average molecular weight is 257 g/mol. The topological polar surface area (TPSA) is 64.4 Å². The number of piperazine rings is 1. The van der Waals surface area contributed by atoms with Gasteiger partial charge >= 0.3 is 0 Å². The summed E-state index contributed by atoms with van der Waals surface area (Å²) in [5.74, 6) is -0.649. The average Bonchev–Trinajstić information content (AvgIpc) is 2.40. The smallest absolute Gasteiger partial charge is 0.252 e. The van der Waals surface area contributed by atoms with E-state index in [-0.39, 0.29) is 24.9 Å². The largest absolute Gasteiger partial charge is 0.350 e. The Balaban J connectivity index is 2.26. The van der Waals surface area contributed by atoms with E-state index in [1.807, 2.05) is 37.3 Å². The summed E-state index contributed by atoms with van der Waals surface area (Å²) in [5.41, 5.74) is 1.97. The summed E-state index contributed by atoms with van der Waals surface area (Å²) in [5, 5.41) is 8.64. The molecule has 0 bridgehead atoms. The molecule has 98 valence electrons. The molecule has 5 heteroatoms. The number of anilines is 1. The van der Waals surface area contributed by atoms with Crippen LogP contribution in [0.3, 0.4) is 0 Å². The monoisotopic (exact) mass is 257 g/mol. The number of amides is 2. The maximum Gasteiger partial charge on any atom is 0.252 e. The number of carbonyl (C=O) groups is 2. The fourth-order valence-electron chi connectivity index (χ4n) is 2.14. The van der Waals surface area contributed by atoms with Crippen LogP contribution in [0, 0.1) is 18.3 Å². The Morgan fingerprint density at radius 1 is 1.32 bits per heavy atom. The summed E-state index contributed by atoms with van der Waals surface area (Å²) in [7, 11) is 0. The van der Waals surface area contributed by atoms with Gasteiger partial charge in [0.25, 0.3) is 5.91 Å². The first-order valence-corrected chi connectivity index (χ1v) is 6.09. The standard InChI is InChI=1S/C14H15N3O2/c1-10-3-5-12(6-4-10)17-9-13(18)16(8-7-15)14(19)11(17)2/h3-6,11H,8-9H2,1-2H3. The zero-order valence-corrected chi connectivity index (χ0v) is 11.0. The SMILES string of the molecule is Cc1ccc(N2CC(=O)N(CC#N)C(=O)C2C)cc1. The number of rotatable bonds is 2. The van der Waals surface area contributed by atoms with Gasteiger partial charge in [0.15, 0.2) is 0 Å². The predicted octanol–water partition coefficient (Wildman–Crippen LogP) is 1.08. The minimum absolute atomic E-state index is 0.123. The quantitative estimate of drug-likeness (QED) is 0.587. The fraction of sp³-hybridized carbons (Fsp3) is 0.357. The van der Waals surface area contributed by atoms with Gasteiger partial charge in [0.1, 0.15) is 12.6 Å². The Bertz CT molecular complexity index is 545. The van der Waals surface area contributed by atoms with E-state index in [0.29, 0.717) is 0 Å². The van der Waals surface area contributed by atoms with Gasteiger partial charge in [0.05, 0.1) is 12.6 Å². The van der Waals surface area contributed by atoms with Crippen molar-refractivity contribution in [3.63, 3.8) is 0 Å². The lowest BCUT2D eigenvalue weighted by molar-refractivity contribution is -0.146. The summed E-state index contributed by atoms with van der Waals surface area (Å²) in [6, 6.07) is 9.09. The summed E-state index contributed by atoms with van der Waals surface area (Å²) >= 11 is 0. The molecule has 19 heavy (non-hydrogen) atoms. The van der Waals surface area contributed by atoms with Gasteiger partial charge in [-0.3, -0.25) is 14.5 Å². The number of hydrogen-bond donors (Lipinski definition) is 0. The van der Waals surface area contributed by atoms with E-state index in [4.69, 9.17) is 5.26 Å². The molecule has 1 unspecified atom stereocenters. The Morgan fingerprint density at radius 2 is 1.95 bits per heavy atom. The molecule has 0 radical (unpaired) electrons. The Labute approximate surface area is 112 Å². The zero-order valence-electron chi connectivity index (χ0n) is 11.0. The molecule has 1 aromatic rings. The minimum Gasteiger partial charge on any atom is -0.350 e. The molecular weight excluding hydrogens is 242 g/mol. The van der Waals surface area contributed by atoms with Crippen LogP contribution in [-0.2, 0) is 9.59 Å². The van der Waals surface area contributed by atoms with Crippen molar-refractivity contribution in [2.24, 2.45) is 0 Å². The van der Waals surface area contributed by atoms with Gasteiger partial charge in [-0.05, 0) is 26.0 Å². The molecular formula is C14H15N3O2. The molecule has 1 saturated heterocycles. The molecule has 0 N–H and O–H groups in total. The lowest BCUT2D eigenvalue weighted by Crippen LogP contribution is -2.59. The van der Waals surface area contributed by atoms with Crippen LogP contribution in [0.1, 0.15) is 12.5 Å². The summed E-state index contributed by atoms with van der Waals surface area (Å²) in [6.07, 6.45) is 0. The van der Waals surface area contributed by atoms with Gasteiger partial charge in [-0.25, -0.2) is 0 Å². The van der Waals surface area contributed by atoms with Crippen molar-refractivity contribution in [3.05, 3.63) is 29.8 Å². The van der Waals surface area contributed by atoms with E-state index in [1.54, 1.807) is 11.8 Å². The molecule has 1 aliphatic heterocycles. The maximum atomic E-state index is 12.1. The third-order valence-corrected chi connectivity index (χ3v) is 3.29. The first kappa shape index (κ1) is 13.1. The highest BCUT2D eigenvalue weighted by molar-refractivity contribution is 6.04. The third-order valence-electron chi connectivity index (χ3n) is 3.29. The summed E-state index contributed by atoms with van der Waals surface area (Å²) < 4.78 is 0. The van der Waals surface area contributed by atoms with Gasteiger partial charge in [-0.2, -0.15) is 5.26 Å². The molecule has 1 aliphatic rings. The van der Waals surface area contributed by atoms with E-state index in [0.717, 1.165) is 16.2 Å². The first-order valence-electron chi connectivity index (χ1n) is 6.09. The Kier molecular flexibility index (Phi) is 3.52. The van der Waals surface area contributed by atoms with Gasteiger partial charge in [0.2, 0.25) is 5.91 Å². The molecule has 2 amide bonds. The number of benzene rings is 1. The predicted molar refractivity (Wildman–Crippen MR) is 70.3 cm³/mol. The van der Waals surface area contributed by atoms with Crippen LogP contribution in [0.5, 0.6) is 0 Å². The molecule has 2 rings (SSSR count). The van der Waals surface area contributed by atoms with Crippen LogP contribution in [0.4, 0.5) is 5.69 Å². The highest BCUT2D eigenvalue weighted by Crippen LogP contribution is 2.22. The number of hydrogen-bond acceptors (Lipinski definition) is 4. The second-order valence-electron chi connectivity index (χ2n) is 4.62. The number of nitrogens with zero attached hydrogens (tertiary/aromatic N) is 3. The highest BCUT2D eigenvalue weighted by Gasteiger charge is 2.36. The van der Waals surface area contributed by atoms with Crippen LogP contribution in [0.25, 0.3) is 0 Å². The molecule has 0 aromatic heterocycles. The molecule has 1 fully saturated rings. The van der Waals surface area contributed by atoms with Crippen LogP contribution in [0.2, 0.25) is 0 Å². The molecule has 0 spiro atoms. The Morgan fingerprint density at radius 3 is 2.53 bits per heavy atom.